The van der Waals surface area contributed by atoms with Crippen LogP contribution in [0.15, 0.2) is 48.8 Å². The summed E-state index contributed by atoms with van der Waals surface area (Å²) in [4.78, 5) is 24.0. The Morgan fingerprint density at radius 2 is 1.76 bits per heavy atom. The van der Waals surface area contributed by atoms with Crippen LogP contribution < -0.4 is 10.9 Å². The van der Waals surface area contributed by atoms with Gasteiger partial charge in [-0.05, 0) is 36.6 Å². The van der Waals surface area contributed by atoms with Gasteiger partial charge in [0.2, 0.25) is 5.91 Å². The average molecular weight is 283 g/mol. The predicted octanol–water partition coefficient (Wildman–Crippen LogP) is 1.89. The lowest BCUT2D eigenvalue weighted by Gasteiger charge is -2.11. The van der Waals surface area contributed by atoms with Crippen LogP contribution in [0.1, 0.15) is 23.7 Å². The number of aromatic nitrogens is 1. The van der Waals surface area contributed by atoms with Gasteiger partial charge in [-0.3, -0.25) is 20.4 Å². The minimum Gasteiger partial charge on any atom is -0.323 e. The van der Waals surface area contributed by atoms with Gasteiger partial charge in [0.05, 0.1) is 11.3 Å². The van der Waals surface area contributed by atoms with E-state index in [1.807, 2.05) is 48.1 Å². The van der Waals surface area contributed by atoms with Crippen molar-refractivity contribution in [2.24, 2.45) is 11.8 Å². The number of carbonyl (C=O) groups excluding carboxylic acids is 2. The predicted molar refractivity (Wildman–Crippen MR) is 78.6 cm³/mol. The van der Waals surface area contributed by atoms with Crippen LogP contribution in [0.3, 0.4) is 0 Å². The van der Waals surface area contributed by atoms with Gasteiger partial charge in [0.15, 0.2) is 0 Å². The number of hydrogen-bond donors (Lipinski definition) is 2. The SMILES string of the molecule is CC1CC1C(=O)NNC(=O)c1ccccc1-n1cccc1. The number of hydrazine groups is 1. The van der Waals surface area contributed by atoms with Gasteiger partial charge in [-0.2, -0.15) is 0 Å². The van der Waals surface area contributed by atoms with E-state index in [1.54, 1.807) is 12.1 Å². The zero-order chi connectivity index (χ0) is 14.8. The normalized spacial score (nSPS) is 19.9. The molecular weight excluding hydrogens is 266 g/mol. The first-order valence-corrected chi connectivity index (χ1v) is 6.99. The van der Waals surface area contributed by atoms with E-state index in [4.69, 9.17) is 0 Å². The standard InChI is InChI=1S/C16H17N3O2/c1-11-10-13(11)16(21)18-17-15(20)12-6-2-3-7-14(12)19-8-4-5-9-19/h2-9,11,13H,10H2,1H3,(H,17,20)(H,18,21). The Morgan fingerprint density at radius 3 is 2.43 bits per heavy atom. The fraction of sp³-hybridized carbons (Fsp3) is 0.250. The molecule has 2 unspecified atom stereocenters. The Labute approximate surface area is 122 Å². The molecule has 1 aliphatic rings. The lowest BCUT2D eigenvalue weighted by atomic mass is 10.1. The summed E-state index contributed by atoms with van der Waals surface area (Å²) in [5.41, 5.74) is 6.27. The smallest absolute Gasteiger partial charge is 0.271 e. The highest BCUT2D eigenvalue weighted by molar-refractivity contribution is 5.98. The molecule has 2 aromatic rings. The number of carbonyl (C=O) groups is 2. The first-order chi connectivity index (χ1) is 10.2. The molecule has 5 nitrogen and oxygen atoms in total. The molecule has 3 rings (SSSR count). The maximum Gasteiger partial charge on any atom is 0.271 e. The lowest BCUT2D eigenvalue weighted by Crippen LogP contribution is -2.42. The van der Waals surface area contributed by atoms with E-state index in [-0.39, 0.29) is 17.7 Å². The topological polar surface area (TPSA) is 63.1 Å². The van der Waals surface area contributed by atoms with E-state index >= 15 is 0 Å². The molecule has 1 saturated carbocycles. The quantitative estimate of drug-likeness (QED) is 0.845. The maximum absolute atomic E-state index is 12.3. The third-order valence-electron chi connectivity index (χ3n) is 3.78. The van der Waals surface area contributed by atoms with Crippen molar-refractivity contribution < 1.29 is 9.59 Å². The molecule has 0 spiro atoms. The number of hydrogen-bond acceptors (Lipinski definition) is 2. The van der Waals surface area contributed by atoms with E-state index in [0.29, 0.717) is 11.5 Å². The van der Waals surface area contributed by atoms with Crippen LogP contribution >= 0.6 is 0 Å². The molecule has 2 amide bonds. The number of para-hydroxylation sites is 1. The second-order valence-corrected chi connectivity index (χ2v) is 5.37. The largest absolute Gasteiger partial charge is 0.323 e. The summed E-state index contributed by atoms with van der Waals surface area (Å²) in [6.45, 7) is 2.02. The van der Waals surface area contributed by atoms with Crippen LogP contribution in [0.5, 0.6) is 0 Å². The molecule has 0 aliphatic heterocycles. The van der Waals surface area contributed by atoms with Crippen molar-refractivity contribution in [1.29, 1.82) is 0 Å². The third kappa shape index (κ3) is 2.81. The molecule has 1 aliphatic carbocycles. The van der Waals surface area contributed by atoms with Gasteiger partial charge < -0.3 is 4.57 Å². The van der Waals surface area contributed by atoms with Crippen LogP contribution in [-0.2, 0) is 4.79 Å². The van der Waals surface area contributed by atoms with Gasteiger partial charge in [0, 0.05) is 18.3 Å². The summed E-state index contributed by atoms with van der Waals surface area (Å²) in [6, 6.07) is 11.1. The highest BCUT2D eigenvalue weighted by Gasteiger charge is 2.39. The van der Waals surface area contributed by atoms with E-state index in [9.17, 15) is 9.59 Å². The summed E-state index contributed by atoms with van der Waals surface area (Å²) < 4.78 is 1.86. The van der Waals surface area contributed by atoms with Gasteiger partial charge in [0.1, 0.15) is 0 Å². The molecule has 1 fully saturated rings. The molecule has 1 aromatic carbocycles. The lowest BCUT2D eigenvalue weighted by molar-refractivity contribution is -0.123. The van der Waals surface area contributed by atoms with E-state index in [2.05, 4.69) is 10.9 Å². The first kappa shape index (κ1) is 13.4. The summed E-state index contributed by atoms with van der Waals surface area (Å²) in [7, 11) is 0. The minimum atomic E-state index is -0.319. The Morgan fingerprint density at radius 1 is 1.10 bits per heavy atom. The van der Waals surface area contributed by atoms with Crippen molar-refractivity contribution >= 4 is 11.8 Å². The summed E-state index contributed by atoms with van der Waals surface area (Å²) in [6.07, 6.45) is 4.63. The van der Waals surface area contributed by atoms with Gasteiger partial charge in [-0.1, -0.05) is 19.1 Å². The highest BCUT2D eigenvalue weighted by Crippen LogP contribution is 2.37. The van der Waals surface area contributed by atoms with Crippen LogP contribution in [0.25, 0.3) is 5.69 Å². The van der Waals surface area contributed by atoms with Crippen molar-refractivity contribution in [3.63, 3.8) is 0 Å². The number of benzene rings is 1. The van der Waals surface area contributed by atoms with E-state index in [1.165, 1.54) is 0 Å². The van der Waals surface area contributed by atoms with E-state index in [0.717, 1.165) is 12.1 Å². The molecule has 2 N–H and O–H groups in total. The second-order valence-electron chi connectivity index (χ2n) is 5.37. The van der Waals surface area contributed by atoms with Crippen molar-refractivity contribution in [2.45, 2.75) is 13.3 Å². The van der Waals surface area contributed by atoms with Crippen molar-refractivity contribution in [2.75, 3.05) is 0 Å². The van der Waals surface area contributed by atoms with Crippen LogP contribution in [0.4, 0.5) is 0 Å². The zero-order valence-corrected chi connectivity index (χ0v) is 11.7. The second kappa shape index (κ2) is 5.44. The third-order valence-corrected chi connectivity index (χ3v) is 3.78. The van der Waals surface area contributed by atoms with Crippen LogP contribution in [0, 0.1) is 11.8 Å². The molecule has 21 heavy (non-hydrogen) atoms. The van der Waals surface area contributed by atoms with Crippen LogP contribution in [-0.4, -0.2) is 16.4 Å². The summed E-state index contributed by atoms with van der Waals surface area (Å²) in [5.74, 6) is 0.00861. The highest BCUT2D eigenvalue weighted by atomic mass is 16.2. The average Bonchev–Trinajstić information content (AvgIpc) is 3.02. The molecule has 0 bridgehead atoms. The molecule has 1 heterocycles. The fourth-order valence-corrected chi connectivity index (χ4v) is 2.35. The Hall–Kier alpha value is -2.56. The maximum atomic E-state index is 12.3. The van der Waals surface area contributed by atoms with Gasteiger partial charge in [-0.25, -0.2) is 0 Å². The monoisotopic (exact) mass is 283 g/mol. The van der Waals surface area contributed by atoms with Crippen molar-refractivity contribution in [3.8, 4) is 5.69 Å². The molecule has 5 heteroatoms. The zero-order valence-electron chi connectivity index (χ0n) is 11.7. The molecule has 1 aromatic heterocycles. The molecular formula is C16H17N3O2. The van der Waals surface area contributed by atoms with E-state index < -0.39 is 0 Å². The Bertz CT molecular complexity index is 664. The van der Waals surface area contributed by atoms with Gasteiger partial charge in [-0.15, -0.1) is 0 Å². The number of nitrogens with zero attached hydrogens (tertiary/aromatic N) is 1. The summed E-state index contributed by atoms with van der Waals surface area (Å²) >= 11 is 0. The number of amides is 2. The molecule has 0 saturated heterocycles. The van der Waals surface area contributed by atoms with Crippen LogP contribution in [0.2, 0.25) is 0 Å². The van der Waals surface area contributed by atoms with Crippen molar-refractivity contribution in [3.05, 3.63) is 54.4 Å². The summed E-state index contributed by atoms with van der Waals surface area (Å²) in [5, 5.41) is 0. The number of nitrogens with one attached hydrogen (secondary N) is 2. The molecule has 108 valence electrons. The minimum absolute atomic E-state index is 0.0324. The fourth-order valence-electron chi connectivity index (χ4n) is 2.35. The van der Waals surface area contributed by atoms with Gasteiger partial charge >= 0.3 is 0 Å². The Kier molecular flexibility index (Phi) is 3.48. The first-order valence-electron chi connectivity index (χ1n) is 6.99. The van der Waals surface area contributed by atoms with Gasteiger partial charge in [0.25, 0.3) is 5.91 Å². The molecule has 0 radical (unpaired) electrons. The van der Waals surface area contributed by atoms with Crippen molar-refractivity contribution in [1.82, 2.24) is 15.4 Å². The molecule has 2 atom stereocenters. The number of rotatable bonds is 3. The Balaban J connectivity index is 1.71.